The Balaban J connectivity index is 2.18. The number of hydrogen-bond donors (Lipinski definition) is 0. The maximum atomic E-state index is 13.3. The lowest BCUT2D eigenvalue weighted by Gasteiger charge is -2.44. The summed E-state index contributed by atoms with van der Waals surface area (Å²) in [7, 11) is 0. The van der Waals surface area contributed by atoms with E-state index in [1.54, 1.807) is 6.92 Å². The Labute approximate surface area is 186 Å². The van der Waals surface area contributed by atoms with Crippen LogP contribution >= 0.6 is 0 Å². The summed E-state index contributed by atoms with van der Waals surface area (Å²) in [5.74, 6) is -0.734. The molecule has 174 valence electrons. The summed E-state index contributed by atoms with van der Waals surface area (Å²) in [4.78, 5) is 33.7. The van der Waals surface area contributed by atoms with Gasteiger partial charge in [-0.3, -0.25) is 14.7 Å². The maximum absolute atomic E-state index is 13.3. The molecule has 0 amide bonds. The average molecular weight is 435 g/mol. The molecule has 0 bridgehead atoms. The van der Waals surface area contributed by atoms with Crippen molar-refractivity contribution >= 4 is 17.5 Å². The zero-order valence-electron chi connectivity index (χ0n) is 19.9. The van der Waals surface area contributed by atoms with Crippen LogP contribution in [0.15, 0.2) is 16.3 Å². The first kappa shape index (κ1) is 24.1. The minimum atomic E-state index is -0.455. The molecule has 0 radical (unpaired) electrons. The molecule has 7 nitrogen and oxygen atoms in total. The van der Waals surface area contributed by atoms with Gasteiger partial charge in [0.1, 0.15) is 5.78 Å². The van der Waals surface area contributed by atoms with Crippen LogP contribution in [0.2, 0.25) is 0 Å². The predicted octanol–water partition coefficient (Wildman–Crippen LogP) is 3.23. The van der Waals surface area contributed by atoms with Gasteiger partial charge in [-0.15, -0.1) is 0 Å². The first-order valence-electron chi connectivity index (χ1n) is 11.6. The molecule has 2 aliphatic heterocycles. The van der Waals surface area contributed by atoms with Crippen molar-refractivity contribution in [2.75, 3.05) is 39.5 Å². The molecule has 3 aliphatic rings. The molecule has 0 aromatic carbocycles. The second-order valence-corrected chi connectivity index (χ2v) is 9.81. The van der Waals surface area contributed by atoms with Crippen LogP contribution in [0.5, 0.6) is 0 Å². The van der Waals surface area contributed by atoms with E-state index in [2.05, 4.69) is 32.6 Å². The molecule has 3 unspecified atom stereocenters. The molecule has 31 heavy (non-hydrogen) atoms. The lowest BCUT2D eigenvalue weighted by molar-refractivity contribution is -0.140. The van der Waals surface area contributed by atoms with E-state index < -0.39 is 6.23 Å². The summed E-state index contributed by atoms with van der Waals surface area (Å²) < 4.78 is 17.2. The highest BCUT2D eigenvalue weighted by Gasteiger charge is 2.50. The highest BCUT2D eigenvalue weighted by Crippen LogP contribution is 2.46. The van der Waals surface area contributed by atoms with Gasteiger partial charge in [-0.2, -0.15) is 0 Å². The fourth-order valence-corrected chi connectivity index (χ4v) is 5.18. The SMILES string of the molecule is CCOC(=O)C1=C(C(OCC)N2CCOCC2)N=C2CC(C)(C)CC(=O)C2C1C(C)C. The number of ether oxygens (including phenoxy) is 3. The van der Waals surface area contributed by atoms with E-state index in [1.807, 2.05) is 6.92 Å². The van der Waals surface area contributed by atoms with Gasteiger partial charge in [-0.25, -0.2) is 4.79 Å². The van der Waals surface area contributed by atoms with Gasteiger partial charge in [-0.1, -0.05) is 27.7 Å². The van der Waals surface area contributed by atoms with E-state index in [1.165, 1.54) is 0 Å². The minimum Gasteiger partial charge on any atom is -0.463 e. The molecule has 0 spiro atoms. The zero-order valence-corrected chi connectivity index (χ0v) is 19.9. The Morgan fingerprint density at radius 2 is 1.87 bits per heavy atom. The fraction of sp³-hybridized carbons (Fsp3) is 0.792. The fourth-order valence-electron chi connectivity index (χ4n) is 5.18. The normalized spacial score (nSPS) is 27.7. The van der Waals surface area contributed by atoms with Crippen LogP contribution in [0, 0.1) is 23.2 Å². The summed E-state index contributed by atoms with van der Waals surface area (Å²) in [5.41, 5.74) is 1.89. The van der Waals surface area contributed by atoms with Gasteiger partial charge in [-0.05, 0) is 31.6 Å². The Bertz CT molecular complexity index is 749. The minimum absolute atomic E-state index is 0.0852. The molecule has 0 N–H and O–H groups in total. The van der Waals surface area contributed by atoms with Crippen LogP contribution in [-0.2, 0) is 23.8 Å². The number of carbonyl (C=O) groups excluding carboxylic acids is 2. The molecule has 2 fully saturated rings. The van der Waals surface area contributed by atoms with Gasteiger partial charge >= 0.3 is 5.97 Å². The molecule has 1 aliphatic carbocycles. The first-order valence-corrected chi connectivity index (χ1v) is 11.6. The van der Waals surface area contributed by atoms with Crippen LogP contribution < -0.4 is 0 Å². The van der Waals surface area contributed by atoms with Gasteiger partial charge in [0.25, 0.3) is 0 Å². The van der Waals surface area contributed by atoms with Crippen molar-refractivity contribution in [1.82, 2.24) is 4.90 Å². The van der Waals surface area contributed by atoms with Gasteiger partial charge < -0.3 is 14.2 Å². The summed E-state index contributed by atoms with van der Waals surface area (Å²) in [5, 5.41) is 0. The highest BCUT2D eigenvalue weighted by molar-refractivity contribution is 6.11. The van der Waals surface area contributed by atoms with Crippen LogP contribution in [-0.4, -0.2) is 68.1 Å². The average Bonchev–Trinajstić information content (AvgIpc) is 2.70. The third kappa shape index (κ3) is 5.10. The lowest BCUT2D eigenvalue weighted by atomic mass is 9.62. The van der Waals surface area contributed by atoms with Crippen LogP contribution in [0.3, 0.4) is 0 Å². The number of hydrogen-bond acceptors (Lipinski definition) is 7. The van der Waals surface area contributed by atoms with E-state index in [-0.39, 0.29) is 41.5 Å². The quantitative estimate of drug-likeness (QED) is 0.573. The molecule has 2 heterocycles. The number of fused-ring (bicyclic) bond motifs is 1. The van der Waals surface area contributed by atoms with Crippen molar-refractivity contribution in [2.45, 2.75) is 60.6 Å². The van der Waals surface area contributed by atoms with E-state index in [4.69, 9.17) is 19.2 Å². The summed E-state index contributed by atoms with van der Waals surface area (Å²) in [6, 6.07) is 0. The predicted molar refractivity (Wildman–Crippen MR) is 119 cm³/mol. The second-order valence-electron chi connectivity index (χ2n) is 9.81. The van der Waals surface area contributed by atoms with E-state index >= 15 is 0 Å². The monoisotopic (exact) mass is 434 g/mol. The Morgan fingerprint density at radius 3 is 2.45 bits per heavy atom. The Morgan fingerprint density at radius 1 is 1.19 bits per heavy atom. The van der Waals surface area contributed by atoms with Crippen molar-refractivity contribution in [3.05, 3.63) is 11.3 Å². The molecule has 0 aromatic rings. The summed E-state index contributed by atoms with van der Waals surface area (Å²) >= 11 is 0. The molecular weight excluding hydrogens is 396 g/mol. The van der Waals surface area contributed by atoms with Crippen LogP contribution in [0.4, 0.5) is 0 Å². The number of nitrogens with zero attached hydrogens (tertiary/aromatic N) is 2. The number of rotatable bonds is 7. The third-order valence-electron chi connectivity index (χ3n) is 6.40. The number of Topliss-reactive ketones (excluding diaryl/α,β-unsaturated/α-hetero) is 1. The standard InChI is InChI=1S/C24H38N2O5/c1-7-30-22(26-9-11-29-12-10-26)21-20(23(28)31-8-2)18(15(3)4)19-16(25-21)13-24(5,6)14-17(19)27/h15,18-19,22H,7-14H2,1-6H3. The molecule has 0 aromatic heterocycles. The largest absolute Gasteiger partial charge is 0.463 e. The second kappa shape index (κ2) is 9.92. The molecule has 3 atom stereocenters. The highest BCUT2D eigenvalue weighted by atomic mass is 16.5. The van der Waals surface area contributed by atoms with Crippen molar-refractivity contribution < 1.29 is 23.8 Å². The van der Waals surface area contributed by atoms with Crippen molar-refractivity contribution in [1.29, 1.82) is 0 Å². The number of carbonyl (C=O) groups is 2. The van der Waals surface area contributed by atoms with Crippen molar-refractivity contribution in [2.24, 2.45) is 28.2 Å². The van der Waals surface area contributed by atoms with E-state index in [0.29, 0.717) is 50.6 Å². The van der Waals surface area contributed by atoms with Crippen molar-refractivity contribution in [3.8, 4) is 0 Å². The van der Waals surface area contributed by atoms with E-state index in [0.717, 1.165) is 12.1 Å². The number of aliphatic imine (C=N–C) groups is 1. The summed E-state index contributed by atoms with van der Waals surface area (Å²) in [6.45, 7) is 15.5. The van der Waals surface area contributed by atoms with Crippen molar-refractivity contribution in [3.63, 3.8) is 0 Å². The molecule has 1 saturated carbocycles. The van der Waals surface area contributed by atoms with Gasteiger partial charge in [0, 0.05) is 37.7 Å². The Hall–Kier alpha value is -1.57. The number of ketones is 1. The van der Waals surface area contributed by atoms with Crippen LogP contribution in [0.25, 0.3) is 0 Å². The van der Waals surface area contributed by atoms with Gasteiger partial charge in [0.05, 0.1) is 37.0 Å². The lowest BCUT2D eigenvalue weighted by Crippen LogP contribution is -2.51. The molecule has 1 saturated heterocycles. The first-order chi connectivity index (χ1) is 14.7. The smallest absolute Gasteiger partial charge is 0.336 e. The third-order valence-corrected chi connectivity index (χ3v) is 6.40. The van der Waals surface area contributed by atoms with E-state index in [9.17, 15) is 9.59 Å². The topological polar surface area (TPSA) is 77.4 Å². The Kier molecular flexibility index (Phi) is 7.71. The van der Waals surface area contributed by atoms with Crippen LogP contribution in [0.1, 0.15) is 54.4 Å². The zero-order chi connectivity index (χ0) is 22.8. The van der Waals surface area contributed by atoms with Gasteiger partial charge in [0.15, 0.2) is 6.23 Å². The van der Waals surface area contributed by atoms with Gasteiger partial charge in [0.2, 0.25) is 0 Å². The molecule has 7 heteroatoms. The number of esters is 1. The molecule has 3 rings (SSSR count). The number of morpholine rings is 1. The maximum Gasteiger partial charge on any atom is 0.336 e. The summed E-state index contributed by atoms with van der Waals surface area (Å²) in [6.07, 6.45) is 0.792. The molecular formula is C24H38N2O5.